The van der Waals surface area contributed by atoms with Gasteiger partial charge in [0.15, 0.2) is 15.9 Å². The van der Waals surface area contributed by atoms with Gasteiger partial charge in [-0.15, -0.1) is 0 Å². The highest BCUT2D eigenvalue weighted by Gasteiger charge is 2.45. The van der Waals surface area contributed by atoms with E-state index in [9.17, 15) is 31.5 Å². The van der Waals surface area contributed by atoms with E-state index in [1.54, 1.807) is 24.3 Å². The highest BCUT2D eigenvalue weighted by molar-refractivity contribution is 7.92. The molecule has 3 rings (SSSR count). The molecule has 0 saturated carbocycles. The number of aliphatic hydroxyl groups excluding tert-OH is 1. The summed E-state index contributed by atoms with van der Waals surface area (Å²) in [6.07, 6.45) is -5.33. The van der Waals surface area contributed by atoms with Gasteiger partial charge in [-0.3, -0.25) is 4.79 Å². The molecule has 10 heteroatoms. The molecule has 1 N–H and O–H groups in total. The van der Waals surface area contributed by atoms with E-state index in [1.807, 2.05) is 0 Å². The number of rotatable bonds is 5. The van der Waals surface area contributed by atoms with Gasteiger partial charge in [-0.1, -0.05) is 29.8 Å². The predicted molar refractivity (Wildman–Crippen MR) is 118 cm³/mol. The van der Waals surface area contributed by atoms with Gasteiger partial charge in [-0.05, 0) is 68.5 Å². The first-order chi connectivity index (χ1) is 15.2. The lowest BCUT2D eigenvalue weighted by Gasteiger charge is -2.40. The minimum absolute atomic E-state index is 0.232. The molecule has 0 radical (unpaired) electrons. The second-order valence-corrected chi connectivity index (χ2v) is 11.7. The number of piperidine rings is 1. The Kier molecular flexibility index (Phi) is 7.17. The molecule has 180 valence electrons. The van der Waals surface area contributed by atoms with E-state index in [4.69, 9.17) is 11.6 Å². The largest absolute Gasteiger partial charge is 0.416 e. The number of amides is 1. The first kappa shape index (κ1) is 25.5. The highest BCUT2D eigenvalue weighted by atomic mass is 35.5. The molecule has 0 aromatic heterocycles. The van der Waals surface area contributed by atoms with Crippen molar-refractivity contribution >= 4 is 27.3 Å². The monoisotopic (exact) mass is 503 g/mol. The van der Waals surface area contributed by atoms with Crippen LogP contribution < -0.4 is 0 Å². The van der Waals surface area contributed by atoms with Crippen LogP contribution in [0.3, 0.4) is 0 Å². The SMILES string of the molecule is CC(C)(C1CCN(C(=O)[C@H](O)c2ccc(Cl)cc2)CC1)S(=O)(=O)c1cccc(C(F)(F)F)c1. The van der Waals surface area contributed by atoms with Gasteiger partial charge in [0.2, 0.25) is 0 Å². The van der Waals surface area contributed by atoms with Crippen LogP contribution in [-0.4, -0.2) is 42.2 Å². The maximum absolute atomic E-state index is 13.3. The van der Waals surface area contributed by atoms with Crippen LogP contribution in [0, 0.1) is 5.92 Å². The lowest BCUT2D eigenvalue weighted by molar-refractivity contribution is -0.142. The Morgan fingerprint density at radius 2 is 1.67 bits per heavy atom. The van der Waals surface area contributed by atoms with Crippen LogP contribution in [0.4, 0.5) is 13.2 Å². The first-order valence-corrected chi connectivity index (χ1v) is 12.3. The van der Waals surface area contributed by atoms with Crippen molar-refractivity contribution in [3.8, 4) is 0 Å². The standard InChI is InChI=1S/C23H25ClF3NO4S/c1-22(2,33(31,32)19-5-3-4-17(14-19)23(25,26)27)16-10-12-28(13-11-16)21(30)20(29)15-6-8-18(24)9-7-15/h3-9,14,16,20,29H,10-13H2,1-2H3/t20-/m1/s1. The van der Waals surface area contributed by atoms with Crippen LogP contribution in [0.2, 0.25) is 5.02 Å². The zero-order valence-corrected chi connectivity index (χ0v) is 19.7. The highest BCUT2D eigenvalue weighted by Crippen LogP contribution is 2.39. The van der Waals surface area contributed by atoms with Crippen molar-refractivity contribution in [3.63, 3.8) is 0 Å². The summed E-state index contributed by atoms with van der Waals surface area (Å²) in [6, 6.07) is 10.0. The molecule has 2 aromatic rings. The van der Waals surface area contributed by atoms with Crippen LogP contribution in [0.15, 0.2) is 53.4 Å². The van der Waals surface area contributed by atoms with Crippen molar-refractivity contribution in [2.45, 2.75) is 48.6 Å². The number of hydrogen-bond donors (Lipinski definition) is 1. The number of benzene rings is 2. The van der Waals surface area contributed by atoms with Crippen LogP contribution in [0.25, 0.3) is 0 Å². The summed E-state index contributed by atoms with van der Waals surface area (Å²) in [5.41, 5.74) is -0.616. The number of aliphatic hydroxyl groups is 1. The normalized spacial score (nSPS) is 17.1. The molecule has 0 bridgehead atoms. The molecule has 1 amide bonds. The summed E-state index contributed by atoms with van der Waals surface area (Å²) >= 11 is 5.83. The van der Waals surface area contributed by atoms with Crippen molar-refractivity contribution in [1.29, 1.82) is 0 Å². The van der Waals surface area contributed by atoms with Gasteiger partial charge in [-0.2, -0.15) is 13.2 Å². The Morgan fingerprint density at radius 1 is 1.09 bits per heavy atom. The van der Waals surface area contributed by atoms with E-state index in [1.165, 1.54) is 24.8 Å². The van der Waals surface area contributed by atoms with Crippen molar-refractivity contribution in [2.24, 2.45) is 5.92 Å². The lowest BCUT2D eigenvalue weighted by atomic mass is 9.85. The topological polar surface area (TPSA) is 74.7 Å². The van der Waals surface area contributed by atoms with Crippen LogP contribution in [0.5, 0.6) is 0 Å². The fraction of sp³-hybridized carbons (Fsp3) is 0.435. The minimum Gasteiger partial charge on any atom is -0.378 e. The number of halogens is 4. The van der Waals surface area contributed by atoms with Gasteiger partial charge < -0.3 is 10.0 Å². The molecule has 0 spiro atoms. The Bertz CT molecular complexity index is 1110. The maximum Gasteiger partial charge on any atom is 0.416 e. The Hall–Kier alpha value is -2.10. The zero-order valence-electron chi connectivity index (χ0n) is 18.1. The Labute approximate surface area is 196 Å². The van der Waals surface area contributed by atoms with E-state index in [-0.39, 0.29) is 23.9 Å². The molecule has 1 aliphatic rings. The van der Waals surface area contributed by atoms with Crippen LogP contribution >= 0.6 is 11.6 Å². The molecule has 1 atom stereocenters. The Morgan fingerprint density at radius 3 is 2.21 bits per heavy atom. The second-order valence-electron chi connectivity index (χ2n) is 8.69. The number of sulfone groups is 1. The molecule has 1 aliphatic heterocycles. The van der Waals surface area contributed by atoms with E-state index in [0.717, 1.165) is 12.1 Å². The molecule has 33 heavy (non-hydrogen) atoms. The molecule has 1 saturated heterocycles. The van der Waals surface area contributed by atoms with E-state index in [2.05, 4.69) is 0 Å². The fourth-order valence-corrected chi connectivity index (χ4v) is 6.07. The van der Waals surface area contributed by atoms with Crippen molar-refractivity contribution in [2.75, 3.05) is 13.1 Å². The first-order valence-electron chi connectivity index (χ1n) is 10.4. The molecule has 2 aromatic carbocycles. The molecule has 0 unspecified atom stereocenters. The quantitative estimate of drug-likeness (QED) is 0.631. The average Bonchev–Trinajstić information content (AvgIpc) is 2.78. The van der Waals surface area contributed by atoms with Gasteiger partial charge in [0, 0.05) is 18.1 Å². The molecular formula is C23H25ClF3NO4S. The number of alkyl halides is 3. The third-order valence-corrected chi connectivity index (χ3v) is 9.22. The average molecular weight is 504 g/mol. The van der Waals surface area contributed by atoms with Crippen molar-refractivity contribution in [3.05, 3.63) is 64.7 Å². The third-order valence-electron chi connectivity index (χ3n) is 6.37. The minimum atomic E-state index is -4.65. The van der Waals surface area contributed by atoms with E-state index in [0.29, 0.717) is 29.5 Å². The fourth-order valence-electron chi connectivity index (χ4n) is 4.12. The van der Waals surface area contributed by atoms with Crippen LogP contribution in [0.1, 0.15) is 43.9 Å². The number of hydrogen-bond acceptors (Lipinski definition) is 4. The number of likely N-dealkylation sites (tertiary alicyclic amines) is 1. The summed E-state index contributed by atoms with van der Waals surface area (Å²) < 4.78 is 64.4. The smallest absolute Gasteiger partial charge is 0.378 e. The summed E-state index contributed by atoms with van der Waals surface area (Å²) in [4.78, 5) is 13.8. The van der Waals surface area contributed by atoms with Gasteiger partial charge in [0.25, 0.3) is 5.91 Å². The molecule has 1 heterocycles. The number of carbonyl (C=O) groups excluding carboxylic acids is 1. The van der Waals surface area contributed by atoms with E-state index >= 15 is 0 Å². The molecule has 0 aliphatic carbocycles. The molecular weight excluding hydrogens is 479 g/mol. The third kappa shape index (κ3) is 5.20. The van der Waals surface area contributed by atoms with Crippen LogP contribution in [-0.2, 0) is 20.8 Å². The van der Waals surface area contributed by atoms with Crippen molar-refractivity contribution < 1.29 is 31.5 Å². The predicted octanol–water partition coefficient (Wildman–Crippen LogP) is 4.88. The molecule has 1 fully saturated rings. The number of carbonyl (C=O) groups is 1. The summed E-state index contributed by atoms with van der Waals surface area (Å²) in [6.45, 7) is 3.48. The second kappa shape index (κ2) is 9.27. The van der Waals surface area contributed by atoms with Crippen molar-refractivity contribution in [1.82, 2.24) is 4.90 Å². The van der Waals surface area contributed by atoms with Gasteiger partial charge in [0.1, 0.15) is 0 Å². The van der Waals surface area contributed by atoms with Gasteiger partial charge >= 0.3 is 6.18 Å². The summed E-state index contributed by atoms with van der Waals surface area (Å²) in [5, 5.41) is 10.9. The lowest BCUT2D eigenvalue weighted by Crippen LogP contribution is -2.48. The van der Waals surface area contributed by atoms with Gasteiger partial charge in [-0.25, -0.2) is 8.42 Å². The maximum atomic E-state index is 13.3. The Balaban J connectivity index is 1.72. The molecule has 5 nitrogen and oxygen atoms in total. The summed E-state index contributed by atoms with van der Waals surface area (Å²) in [7, 11) is -4.09. The zero-order chi connectivity index (χ0) is 24.6. The number of nitrogens with zero attached hydrogens (tertiary/aromatic N) is 1. The summed E-state index contributed by atoms with van der Waals surface area (Å²) in [5.74, 6) is -0.872. The van der Waals surface area contributed by atoms with E-state index < -0.39 is 38.3 Å². The van der Waals surface area contributed by atoms with Gasteiger partial charge in [0.05, 0.1) is 15.2 Å².